The maximum atomic E-state index is 13.3. The molecule has 0 heterocycles. The number of aryl methyl sites for hydroxylation is 1. The number of rotatable bonds is 4. The van der Waals surface area contributed by atoms with Crippen molar-refractivity contribution in [1.29, 1.82) is 0 Å². The van der Waals surface area contributed by atoms with Gasteiger partial charge in [-0.25, -0.2) is 8.78 Å². The largest absolute Gasteiger partial charge is 0.326 e. The topological polar surface area (TPSA) is 29.1 Å². The molecule has 0 radical (unpaired) electrons. The zero-order valence-electron chi connectivity index (χ0n) is 11.1. The lowest BCUT2D eigenvalue weighted by molar-refractivity contribution is -0.116. The fourth-order valence-corrected chi connectivity index (χ4v) is 1.86. The number of benzene rings is 2. The van der Waals surface area contributed by atoms with Crippen molar-refractivity contribution in [1.82, 2.24) is 0 Å². The van der Waals surface area contributed by atoms with Gasteiger partial charge in [-0.3, -0.25) is 4.79 Å². The molecule has 0 atom stereocenters. The molecule has 4 heteroatoms. The second-order valence-electron chi connectivity index (χ2n) is 4.59. The van der Waals surface area contributed by atoms with Crippen LogP contribution in [-0.2, 0) is 11.2 Å². The normalized spacial score (nSPS) is 10.3. The van der Waals surface area contributed by atoms with Crippen LogP contribution >= 0.6 is 0 Å². The van der Waals surface area contributed by atoms with Gasteiger partial charge in [-0.05, 0) is 43.2 Å². The Morgan fingerprint density at radius 3 is 2.50 bits per heavy atom. The molecular weight excluding hydrogens is 260 g/mol. The van der Waals surface area contributed by atoms with Crippen LogP contribution in [-0.4, -0.2) is 5.91 Å². The van der Waals surface area contributed by atoms with Gasteiger partial charge in [-0.15, -0.1) is 0 Å². The number of nitrogens with one attached hydrogen (secondary N) is 1. The molecule has 20 heavy (non-hydrogen) atoms. The van der Waals surface area contributed by atoms with Crippen LogP contribution in [0.5, 0.6) is 0 Å². The van der Waals surface area contributed by atoms with E-state index in [0.717, 1.165) is 5.56 Å². The van der Waals surface area contributed by atoms with Crippen molar-refractivity contribution in [3.63, 3.8) is 0 Å². The molecule has 2 rings (SSSR count). The fourth-order valence-electron chi connectivity index (χ4n) is 1.86. The molecule has 0 aliphatic heterocycles. The quantitative estimate of drug-likeness (QED) is 0.902. The smallest absolute Gasteiger partial charge is 0.224 e. The average Bonchev–Trinajstić information content (AvgIpc) is 2.43. The first kappa shape index (κ1) is 14.2. The van der Waals surface area contributed by atoms with Crippen LogP contribution in [0, 0.1) is 18.6 Å². The summed E-state index contributed by atoms with van der Waals surface area (Å²) in [4.78, 5) is 11.8. The van der Waals surface area contributed by atoms with Gasteiger partial charge in [0, 0.05) is 17.7 Å². The molecule has 0 fully saturated rings. The predicted octanol–water partition coefficient (Wildman–Crippen LogP) is 3.84. The van der Waals surface area contributed by atoms with Crippen molar-refractivity contribution >= 4 is 11.6 Å². The highest BCUT2D eigenvalue weighted by molar-refractivity contribution is 5.91. The first-order valence-corrected chi connectivity index (χ1v) is 6.35. The zero-order chi connectivity index (χ0) is 14.5. The van der Waals surface area contributed by atoms with Gasteiger partial charge in [-0.2, -0.15) is 0 Å². The van der Waals surface area contributed by atoms with Gasteiger partial charge < -0.3 is 5.32 Å². The lowest BCUT2D eigenvalue weighted by atomic mass is 10.1. The Balaban J connectivity index is 1.92. The van der Waals surface area contributed by atoms with Gasteiger partial charge >= 0.3 is 0 Å². The molecule has 0 spiro atoms. The second-order valence-corrected chi connectivity index (χ2v) is 4.59. The lowest BCUT2D eigenvalue weighted by Crippen LogP contribution is -2.13. The molecule has 1 amide bonds. The molecule has 0 aromatic heterocycles. The molecular formula is C16H15F2NO. The zero-order valence-corrected chi connectivity index (χ0v) is 11.1. The van der Waals surface area contributed by atoms with Gasteiger partial charge in [0.1, 0.15) is 11.6 Å². The van der Waals surface area contributed by atoms with E-state index in [0.29, 0.717) is 17.7 Å². The highest BCUT2D eigenvalue weighted by Crippen LogP contribution is 2.17. The van der Waals surface area contributed by atoms with Crippen LogP contribution in [0.15, 0.2) is 42.5 Å². The van der Waals surface area contributed by atoms with E-state index in [1.165, 1.54) is 18.2 Å². The second kappa shape index (κ2) is 6.28. The molecule has 2 aromatic rings. The standard InChI is InChI=1S/C16H15F2NO/c1-11-14(18)3-2-4-15(11)19-16(20)10-7-12-5-8-13(17)9-6-12/h2-6,8-9H,7,10H2,1H3,(H,19,20). The van der Waals surface area contributed by atoms with Gasteiger partial charge in [-0.1, -0.05) is 18.2 Å². The minimum atomic E-state index is -0.346. The Labute approximate surface area is 116 Å². The number of halogens is 2. The van der Waals surface area contributed by atoms with Crippen LogP contribution in [0.4, 0.5) is 14.5 Å². The molecule has 0 saturated carbocycles. The molecule has 104 valence electrons. The van der Waals surface area contributed by atoms with Gasteiger partial charge in [0.2, 0.25) is 5.91 Å². The Morgan fingerprint density at radius 2 is 1.80 bits per heavy atom. The van der Waals surface area contributed by atoms with Gasteiger partial charge in [0.05, 0.1) is 0 Å². The summed E-state index contributed by atoms with van der Waals surface area (Å²) in [7, 11) is 0. The summed E-state index contributed by atoms with van der Waals surface area (Å²) < 4.78 is 26.1. The predicted molar refractivity (Wildman–Crippen MR) is 74.5 cm³/mol. The van der Waals surface area contributed by atoms with Crippen LogP contribution in [0.2, 0.25) is 0 Å². The van der Waals surface area contributed by atoms with Gasteiger partial charge in [0.25, 0.3) is 0 Å². The summed E-state index contributed by atoms with van der Waals surface area (Å²) in [6, 6.07) is 10.6. The summed E-state index contributed by atoms with van der Waals surface area (Å²) in [6.07, 6.45) is 0.780. The third-order valence-electron chi connectivity index (χ3n) is 3.10. The van der Waals surface area contributed by atoms with Crippen LogP contribution in [0.3, 0.4) is 0 Å². The highest BCUT2D eigenvalue weighted by atomic mass is 19.1. The molecule has 2 aromatic carbocycles. The minimum Gasteiger partial charge on any atom is -0.326 e. The number of amides is 1. The number of anilines is 1. The lowest BCUT2D eigenvalue weighted by Gasteiger charge is -2.08. The third kappa shape index (κ3) is 3.63. The van der Waals surface area contributed by atoms with Crippen LogP contribution in [0.25, 0.3) is 0 Å². The van der Waals surface area contributed by atoms with E-state index >= 15 is 0 Å². The molecule has 0 aliphatic rings. The summed E-state index contributed by atoms with van der Waals surface area (Å²) in [5.41, 5.74) is 1.79. The van der Waals surface area contributed by atoms with Crippen LogP contribution in [0.1, 0.15) is 17.5 Å². The van der Waals surface area contributed by atoms with E-state index in [-0.39, 0.29) is 24.0 Å². The van der Waals surface area contributed by atoms with E-state index in [1.807, 2.05) is 0 Å². The van der Waals surface area contributed by atoms with E-state index < -0.39 is 0 Å². The van der Waals surface area contributed by atoms with Crippen molar-refractivity contribution in [2.24, 2.45) is 0 Å². The molecule has 1 N–H and O–H groups in total. The Kier molecular flexibility index (Phi) is 4.45. The monoisotopic (exact) mass is 275 g/mol. The number of carbonyl (C=O) groups excluding carboxylic acids is 1. The average molecular weight is 275 g/mol. The maximum Gasteiger partial charge on any atom is 0.224 e. The summed E-state index contributed by atoms with van der Waals surface area (Å²) in [6.45, 7) is 1.62. The highest BCUT2D eigenvalue weighted by Gasteiger charge is 2.07. The summed E-state index contributed by atoms with van der Waals surface area (Å²) >= 11 is 0. The van der Waals surface area contributed by atoms with E-state index in [9.17, 15) is 13.6 Å². The summed E-state index contributed by atoms with van der Waals surface area (Å²) in [5, 5.41) is 2.68. The van der Waals surface area contributed by atoms with Crippen molar-refractivity contribution < 1.29 is 13.6 Å². The van der Waals surface area contributed by atoms with Crippen molar-refractivity contribution in [2.75, 3.05) is 5.32 Å². The van der Waals surface area contributed by atoms with Crippen LogP contribution < -0.4 is 5.32 Å². The Morgan fingerprint density at radius 1 is 1.10 bits per heavy atom. The van der Waals surface area contributed by atoms with Crippen molar-refractivity contribution in [2.45, 2.75) is 19.8 Å². The molecule has 0 bridgehead atoms. The van der Waals surface area contributed by atoms with E-state index in [1.54, 1.807) is 31.2 Å². The fraction of sp³-hybridized carbons (Fsp3) is 0.188. The number of hydrogen-bond acceptors (Lipinski definition) is 1. The molecule has 0 aliphatic carbocycles. The Bertz CT molecular complexity index is 608. The molecule has 0 saturated heterocycles. The van der Waals surface area contributed by atoms with E-state index in [2.05, 4.69) is 5.32 Å². The first-order valence-electron chi connectivity index (χ1n) is 6.35. The number of carbonyl (C=O) groups is 1. The first-order chi connectivity index (χ1) is 9.56. The third-order valence-corrected chi connectivity index (χ3v) is 3.10. The van der Waals surface area contributed by atoms with E-state index in [4.69, 9.17) is 0 Å². The molecule has 2 nitrogen and oxygen atoms in total. The number of hydrogen-bond donors (Lipinski definition) is 1. The maximum absolute atomic E-state index is 13.3. The van der Waals surface area contributed by atoms with Crippen molar-refractivity contribution in [3.8, 4) is 0 Å². The molecule has 0 unspecified atom stereocenters. The van der Waals surface area contributed by atoms with Crippen molar-refractivity contribution in [3.05, 3.63) is 65.2 Å². The minimum absolute atomic E-state index is 0.192. The Hall–Kier alpha value is -2.23. The summed E-state index contributed by atoms with van der Waals surface area (Å²) in [5.74, 6) is -0.835. The van der Waals surface area contributed by atoms with Gasteiger partial charge in [0.15, 0.2) is 0 Å². The SMILES string of the molecule is Cc1c(F)cccc1NC(=O)CCc1ccc(F)cc1.